The first-order valence-electron chi connectivity index (χ1n) is 9.33. The van der Waals surface area contributed by atoms with Crippen molar-refractivity contribution in [3.05, 3.63) is 0 Å². The highest BCUT2D eigenvalue weighted by molar-refractivity contribution is 6.73. The van der Waals surface area contributed by atoms with Crippen LogP contribution in [0, 0.1) is 17.8 Å². The maximum Gasteiger partial charge on any atom is 0.286 e. The lowest BCUT2D eigenvalue weighted by molar-refractivity contribution is 0.272. The zero-order valence-corrected chi connectivity index (χ0v) is 16.8. The summed E-state index contributed by atoms with van der Waals surface area (Å²) in [6, 6.07) is 1.84. The third-order valence-electron chi connectivity index (χ3n) is 6.17. The van der Waals surface area contributed by atoms with Crippen LogP contribution in [0.1, 0.15) is 62.3 Å². The molecule has 1 aliphatic rings. The fraction of sp³-hybridized carbons (Fsp3) is 1.00. The van der Waals surface area contributed by atoms with Gasteiger partial charge in [-0.25, -0.2) is 0 Å². The lowest BCUT2D eigenvalue weighted by Crippen LogP contribution is -2.72. The molecule has 1 aliphatic heterocycles. The van der Waals surface area contributed by atoms with Crippen LogP contribution in [0.5, 0.6) is 0 Å². The van der Waals surface area contributed by atoms with Gasteiger partial charge < -0.3 is 14.2 Å². The highest BCUT2D eigenvalue weighted by Gasteiger charge is 2.41. The first-order chi connectivity index (χ1) is 10.1. The number of rotatable bonds is 6. The molecule has 0 aliphatic carbocycles. The van der Waals surface area contributed by atoms with Crippen molar-refractivity contribution in [2.75, 3.05) is 0 Å². The monoisotopic (exact) mass is 305 g/mol. The summed E-state index contributed by atoms with van der Waals surface area (Å²) in [7, 11) is 2.20. The zero-order chi connectivity index (χ0) is 17.2. The van der Waals surface area contributed by atoms with E-state index in [1.165, 1.54) is 0 Å². The molecule has 0 spiro atoms. The van der Waals surface area contributed by atoms with Crippen molar-refractivity contribution in [3.8, 4) is 0 Å². The second-order valence-electron chi connectivity index (χ2n) is 8.49. The van der Waals surface area contributed by atoms with Crippen LogP contribution >= 0.6 is 0 Å². The SMILES string of the molecule is CB1N(C(C)C(C)C)BN(C(C)C(C)C)BN1C(C)C(C)C. The van der Waals surface area contributed by atoms with Crippen LogP contribution in [0.25, 0.3) is 0 Å². The van der Waals surface area contributed by atoms with Gasteiger partial charge in [-0.15, -0.1) is 0 Å². The van der Waals surface area contributed by atoms with E-state index >= 15 is 0 Å². The van der Waals surface area contributed by atoms with Crippen molar-refractivity contribution in [2.24, 2.45) is 17.8 Å². The van der Waals surface area contributed by atoms with Gasteiger partial charge >= 0.3 is 0 Å². The Morgan fingerprint density at radius 2 is 0.909 bits per heavy atom. The van der Waals surface area contributed by atoms with Gasteiger partial charge in [0.15, 0.2) is 0 Å². The van der Waals surface area contributed by atoms with E-state index < -0.39 is 0 Å². The fourth-order valence-electron chi connectivity index (χ4n) is 3.27. The summed E-state index contributed by atoms with van der Waals surface area (Å²) in [5, 5.41) is 0. The second kappa shape index (κ2) is 8.26. The van der Waals surface area contributed by atoms with Crippen LogP contribution in [0.15, 0.2) is 0 Å². The minimum atomic E-state index is 0.519. The van der Waals surface area contributed by atoms with E-state index in [1.54, 1.807) is 0 Å². The quantitative estimate of drug-likeness (QED) is 0.699. The fourth-order valence-corrected chi connectivity index (χ4v) is 3.27. The summed E-state index contributed by atoms with van der Waals surface area (Å²) >= 11 is 0. The van der Waals surface area contributed by atoms with Crippen molar-refractivity contribution in [1.29, 1.82) is 0 Å². The van der Waals surface area contributed by atoms with E-state index in [0.717, 1.165) is 15.1 Å². The summed E-state index contributed by atoms with van der Waals surface area (Å²) in [4.78, 5) is 0. The first kappa shape index (κ1) is 20.1. The molecule has 0 aromatic heterocycles. The van der Waals surface area contributed by atoms with Gasteiger partial charge in [0, 0.05) is 0 Å². The van der Waals surface area contributed by atoms with Crippen LogP contribution in [0.4, 0.5) is 0 Å². The maximum atomic E-state index is 2.70. The molecule has 22 heavy (non-hydrogen) atoms. The van der Waals surface area contributed by atoms with Crippen molar-refractivity contribution < 1.29 is 0 Å². The summed E-state index contributed by atoms with van der Waals surface area (Å²) in [5.41, 5.74) is 0. The molecule has 126 valence electrons. The molecule has 0 aromatic carbocycles. The molecule has 1 heterocycles. The average Bonchev–Trinajstić information content (AvgIpc) is 2.44. The smallest absolute Gasteiger partial charge is 0.286 e. The van der Waals surface area contributed by atoms with Crippen molar-refractivity contribution in [1.82, 2.24) is 14.2 Å². The molecular weight excluding hydrogens is 267 g/mol. The lowest BCUT2D eigenvalue weighted by atomic mass is 9.56. The van der Waals surface area contributed by atoms with E-state index in [1.807, 2.05) is 0 Å². The van der Waals surface area contributed by atoms with Crippen molar-refractivity contribution in [2.45, 2.75) is 87.3 Å². The van der Waals surface area contributed by atoms with Gasteiger partial charge in [0.05, 0.1) is 0 Å². The normalized spacial score (nSPS) is 22.9. The van der Waals surface area contributed by atoms with E-state index in [0.29, 0.717) is 42.9 Å². The summed E-state index contributed by atoms with van der Waals surface area (Å²) in [6.45, 7) is 24.2. The average molecular weight is 305 g/mol. The molecule has 3 nitrogen and oxygen atoms in total. The highest BCUT2D eigenvalue weighted by Crippen LogP contribution is 2.24. The number of hydrogen-bond donors (Lipinski definition) is 0. The molecule has 3 atom stereocenters. The van der Waals surface area contributed by atoms with Crippen LogP contribution in [-0.4, -0.2) is 54.4 Å². The molecule has 0 N–H and O–H groups in total. The molecule has 0 radical (unpaired) electrons. The maximum absolute atomic E-state index is 2.70. The van der Waals surface area contributed by atoms with Crippen molar-refractivity contribution in [3.63, 3.8) is 0 Å². The summed E-state index contributed by atoms with van der Waals surface area (Å²) < 4.78 is 8.07. The lowest BCUT2D eigenvalue weighted by Gasteiger charge is -2.53. The standard InChI is InChI=1S/C16H38B3N3/c1-11(2)14(7)20-17-21(15(8)12(3)4)19(10)22(18-20)16(9)13(5)6/h11-18H,1-10H3. The van der Waals surface area contributed by atoms with Gasteiger partial charge in [-0.05, 0) is 35.9 Å². The Labute approximate surface area is 141 Å². The zero-order valence-electron chi connectivity index (χ0n) is 16.8. The number of nitrogens with zero attached hydrogens (tertiary/aromatic N) is 3. The molecule has 1 fully saturated rings. The Morgan fingerprint density at radius 3 is 1.18 bits per heavy atom. The largest absolute Gasteiger partial charge is 0.361 e. The van der Waals surface area contributed by atoms with E-state index in [-0.39, 0.29) is 0 Å². The highest BCUT2D eigenvalue weighted by atomic mass is 15.3. The molecule has 0 aromatic rings. The molecule has 3 unspecified atom stereocenters. The Balaban J connectivity index is 3.02. The summed E-state index contributed by atoms with van der Waals surface area (Å²) in [6.07, 6.45) is 0. The van der Waals surface area contributed by atoms with Gasteiger partial charge in [-0.3, -0.25) is 0 Å². The third kappa shape index (κ3) is 4.55. The first-order valence-corrected chi connectivity index (χ1v) is 9.33. The van der Waals surface area contributed by atoms with E-state index in [2.05, 4.69) is 83.3 Å². The third-order valence-corrected chi connectivity index (χ3v) is 6.17. The van der Waals surface area contributed by atoms with E-state index in [4.69, 9.17) is 0 Å². The predicted octanol–water partition coefficient (Wildman–Crippen LogP) is 2.69. The van der Waals surface area contributed by atoms with E-state index in [9.17, 15) is 0 Å². The van der Waals surface area contributed by atoms with Gasteiger partial charge in [0.1, 0.15) is 0 Å². The van der Waals surface area contributed by atoms with Crippen LogP contribution in [-0.2, 0) is 0 Å². The predicted molar refractivity (Wildman–Crippen MR) is 104 cm³/mol. The molecule has 0 bridgehead atoms. The van der Waals surface area contributed by atoms with Gasteiger partial charge in [0.2, 0.25) is 0 Å². The Kier molecular flexibility index (Phi) is 7.55. The van der Waals surface area contributed by atoms with Gasteiger partial charge in [-0.2, -0.15) is 0 Å². The minimum absolute atomic E-state index is 0.519. The second-order valence-corrected chi connectivity index (χ2v) is 8.49. The molecule has 0 amide bonds. The molecule has 0 saturated carbocycles. The molecule has 6 heteroatoms. The topological polar surface area (TPSA) is 9.72 Å². The van der Waals surface area contributed by atoms with Crippen LogP contribution < -0.4 is 0 Å². The van der Waals surface area contributed by atoms with Crippen LogP contribution in [0.2, 0.25) is 6.82 Å². The Bertz CT molecular complexity index is 315. The van der Waals surface area contributed by atoms with Crippen molar-refractivity contribution >= 4 is 22.1 Å². The summed E-state index contributed by atoms with van der Waals surface area (Å²) in [5.74, 6) is 2.07. The number of hydrogen-bond acceptors (Lipinski definition) is 3. The molecule has 1 saturated heterocycles. The van der Waals surface area contributed by atoms with Gasteiger partial charge in [-0.1, -0.05) is 69.1 Å². The molecule has 1 rings (SSSR count). The Morgan fingerprint density at radius 1 is 0.591 bits per heavy atom. The Hall–Kier alpha value is 0.0748. The van der Waals surface area contributed by atoms with Gasteiger partial charge in [0.25, 0.3) is 22.1 Å². The van der Waals surface area contributed by atoms with Crippen LogP contribution in [0.3, 0.4) is 0 Å². The molecular formula is C16H38B3N3. The minimum Gasteiger partial charge on any atom is -0.361 e.